The average Bonchev–Trinajstić information content (AvgIpc) is 3.11. The fourth-order valence-corrected chi connectivity index (χ4v) is 2.05. The van der Waals surface area contributed by atoms with Crippen molar-refractivity contribution in [3.8, 4) is 0 Å². The molecular formula is C15H23NO. The van der Waals surface area contributed by atoms with E-state index in [1.165, 1.54) is 24.0 Å². The second kappa shape index (κ2) is 5.19. The monoisotopic (exact) mass is 233 g/mol. The van der Waals surface area contributed by atoms with Gasteiger partial charge in [0.15, 0.2) is 0 Å². The van der Waals surface area contributed by atoms with Crippen molar-refractivity contribution in [1.82, 2.24) is 5.32 Å². The maximum absolute atomic E-state index is 10.3. The standard InChI is InChI=1S/C15H23NO/c1-3-12-4-6-13(7-5-12)10-15(2,17)11-16-14-8-9-14/h4-7,14,16-17H,3,8-11H2,1-2H3. The Labute approximate surface area is 104 Å². The summed E-state index contributed by atoms with van der Waals surface area (Å²) in [6.07, 6.45) is 4.32. The lowest BCUT2D eigenvalue weighted by molar-refractivity contribution is 0.0597. The molecule has 1 saturated carbocycles. The molecule has 1 fully saturated rings. The molecule has 0 radical (unpaired) electrons. The van der Waals surface area contributed by atoms with Crippen LogP contribution in [-0.2, 0) is 12.8 Å². The maximum atomic E-state index is 10.3. The third kappa shape index (κ3) is 4.14. The van der Waals surface area contributed by atoms with Crippen LogP contribution >= 0.6 is 0 Å². The first-order valence-corrected chi connectivity index (χ1v) is 6.63. The van der Waals surface area contributed by atoms with E-state index in [1.54, 1.807) is 0 Å². The van der Waals surface area contributed by atoms with Gasteiger partial charge < -0.3 is 10.4 Å². The Balaban J connectivity index is 1.87. The van der Waals surface area contributed by atoms with E-state index in [0.717, 1.165) is 12.8 Å². The van der Waals surface area contributed by atoms with Crippen molar-refractivity contribution in [3.63, 3.8) is 0 Å². The molecular weight excluding hydrogens is 210 g/mol. The fraction of sp³-hybridized carbons (Fsp3) is 0.600. The highest BCUT2D eigenvalue weighted by atomic mass is 16.3. The molecule has 0 aliphatic heterocycles. The van der Waals surface area contributed by atoms with Crippen molar-refractivity contribution in [1.29, 1.82) is 0 Å². The smallest absolute Gasteiger partial charge is 0.0783 e. The van der Waals surface area contributed by atoms with Crippen LogP contribution in [0, 0.1) is 0 Å². The molecule has 2 nitrogen and oxygen atoms in total. The van der Waals surface area contributed by atoms with Crippen LogP contribution in [0.5, 0.6) is 0 Å². The molecule has 1 unspecified atom stereocenters. The van der Waals surface area contributed by atoms with Gasteiger partial charge in [-0.2, -0.15) is 0 Å². The number of nitrogens with one attached hydrogen (secondary N) is 1. The number of rotatable bonds is 6. The molecule has 0 heterocycles. The number of benzene rings is 1. The minimum Gasteiger partial charge on any atom is -0.389 e. The van der Waals surface area contributed by atoms with Crippen LogP contribution in [0.25, 0.3) is 0 Å². The van der Waals surface area contributed by atoms with E-state index in [0.29, 0.717) is 12.6 Å². The van der Waals surface area contributed by atoms with Gasteiger partial charge in [-0.05, 0) is 37.3 Å². The predicted molar refractivity (Wildman–Crippen MR) is 71.2 cm³/mol. The maximum Gasteiger partial charge on any atom is 0.0783 e. The van der Waals surface area contributed by atoms with Crippen molar-refractivity contribution in [2.45, 2.75) is 51.2 Å². The van der Waals surface area contributed by atoms with Gasteiger partial charge in [0.1, 0.15) is 0 Å². The highest BCUT2D eigenvalue weighted by Crippen LogP contribution is 2.20. The van der Waals surface area contributed by atoms with Crippen molar-refractivity contribution in [3.05, 3.63) is 35.4 Å². The Morgan fingerprint density at radius 1 is 1.24 bits per heavy atom. The SMILES string of the molecule is CCc1ccc(CC(C)(O)CNC2CC2)cc1. The number of aryl methyl sites for hydroxylation is 1. The van der Waals surface area contributed by atoms with Gasteiger partial charge in [-0.25, -0.2) is 0 Å². The molecule has 1 aliphatic rings. The minimum absolute atomic E-state index is 0.643. The van der Waals surface area contributed by atoms with Gasteiger partial charge in [-0.3, -0.25) is 0 Å². The second-order valence-corrected chi connectivity index (χ2v) is 5.50. The minimum atomic E-state index is -0.643. The van der Waals surface area contributed by atoms with Crippen molar-refractivity contribution in [2.24, 2.45) is 0 Å². The molecule has 2 heteroatoms. The molecule has 1 atom stereocenters. The van der Waals surface area contributed by atoms with E-state index in [4.69, 9.17) is 0 Å². The fourth-order valence-electron chi connectivity index (χ4n) is 2.05. The molecule has 1 aromatic carbocycles. The third-order valence-electron chi connectivity index (χ3n) is 3.37. The lowest BCUT2D eigenvalue weighted by Crippen LogP contribution is -2.40. The van der Waals surface area contributed by atoms with E-state index in [9.17, 15) is 5.11 Å². The summed E-state index contributed by atoms with van der Waals surface area (Å²) in [5.41, 5.74) is 1.92. The highest BCUT2D eigenvalue weighted by molar-refractivity contribution is 5.23. The summed E-state index contributed by atoms with van der Waals surface area (Å²) in [6.45, 7) is 4.76. The first-order chi connectivity index (χ1) is 8.09. The second-order valence-electron chi connectivity index (χ2n) is 5.50. The molecule has 0 bridgehead atoms. The zero-order valence-electron chi connectivity index (χ0n) is 10.9. The Bertz CT molecular complexity index is 352. The van der Waals surface area contributed by atoms with Gasteiger partial charge in [0.2, 0.25) is 0 Å². The van der Waals surface area contributed by atoms with Crippen molar-refractivity contribution in [2.75, 3.05) is 6.54 Å². The molecule has 1 aromatic rings. The van der Waals surface area contributed by atoms with Crippen LogP contribution in [0.2, 0.25) is 0 Å². The van der Waals surface area contributed by atoms with Gasteiger partial charge in [0.05, 0.1) is 5.60 Å². The first-order valence-electron chi connectivity index (χ1n) is 6.63. The van der Waals surface area contributed by atoms with Crippen LogP contribution in [0.1, 0.15) is 37.8 Å². The summed E-state index contributed by atoms with van der Waals surface area (Å²) < 4.78 is 0. The lowest BCUT2D eigenvalue weighted by Gasteiger charge is -2.24. The Hall–Kier alpha value is -0.860. The molecule has 0 saturated heterocycles. The van der Waals surface area contributed by atoms with Crippen molar-refractivity contribution >= 4 is 0 Å². The summed E-state index contributed by atoms with van der Waals surface area (Å²) in [5.74, 6) is 0. The van der Waals surface area contributed by atoms with E-state index in [1.807, 2.05) is 6.92 Å². The third-order valence-corrected chi connectivity index (χ3v) is 3.37. The molecule has 2 rings (SSSR count). The van der Waals surface area contributed by atoms with Gasteiger partial charge in [-0.1, -0.05) is 31.2 Å². The summed E-state index contributed by atoms with van der Waals surface area (Å²) in [5, 5.41) is 13.7. The van der Waals surface area contributed by atoms with Crippen LogP contribution in [-0.4, -0.2) is 23.3 Å². The van der Waals surface area contributed by atoms with Gasteiger partial charge in [0.25, 0.3) is 0 Å². The molecule has 0 aromatic heterocycles. The number of hydrogen-bond acceptors (Lipinski definition) is 2. The quantitative estimate of drug-likeness (QED) is 0.790. The average molecular weight is 233 g/mol. The Kier molecular flexibility index (Phi) is 3.85. The normalized spacial score (nSPS) is 19.0. The first kappa shape index (κ1) is 12.6. The van der Waals surface area contributed by atoms with Gasteiger partial charge >= 0.3 is 0 Å². The number of aliphatic hydroxyl groups is 1. The largest absolute Gasteiger partial charge is 0.389 e. The zero-order chi connectivity index (χ0) is 12.3. The van der Waals surface area contributed by atoms with Crippen molar-refractivity contribution < 1.29 is 5.11 Å². The van der Waals surface area contributed by atoms with Crippen LogP contribution in [0.15, 0.2) is 24.3 Å². The lowest BCUT2D eigenvalue weighted by atomic mass is 9.95. The Morgan fingerprint density at radius 3 is 2.35 bits per heavy atom. The summed E-state index contributed by atoms with van der Waals surface area (Å²) >= 11 is 0. The molecule has 2 N–H and O–H groups in total. The van der Waals surface area contributed by atoms with E-state index in [2.05, 4.69) is 36.5 Å². The molecule has 17 heavy (non-hydrogen) atoms. The zero-order valence-corrected chi connectivity index (χ0v) is 10.9. The Morgan fingerprint density at radius 2 is 1.82 bits per heavy atom. The predicted octanol–water partition coefficient (Wildman–Crippen LogP) is 2.29. The summed E-state index contributed by atoms with van der Waals surface area (Å²) in [4.78, 5) is 0. The summed E-state index contributed by atoms with van der Waals surface area (Å²) in [6, 6.07) is 9.22. The van der Waals surface area contributed by atoms with E-state index in [-0.39, 0.29) is 0 Å². The molecule has 0 spiro atoms. The van der Waals surface area contributed by atoms with Crippen LogP contribution in [0.4, 0.5) is 0 Å². The number of hydrogen-bond donors (Lipinski definition) is 2. The summed E-state index contributed by atoms with van der Waals surface area (Å²) in [7, 11) is 0. The van der Waals surface area contributed by atoms with Crippen LogP contribution < -0.4 is 5.32 Å². The topological polar surface area (TPSA) is 32.3 Å². The van der Waals surface area contributed by atoms with Gasteiger partial charge in [-0.15, -0.1) is 0 Å². The molecule has 0 amide bonds. The van der Waals surface area contributed by atoms with Gasteiger partial charge in [0, 0.05) is 19.0 Å². The highest BCUT2D eigenvalue weighted by Gasteiger charge is 2.26. The van der Waals surface area contributed by atoms with E-state index < -0.39 is 5.60 Å². The van der Waals surface area contributed by atoms with E-state index >= 15 is 0 Å². The molecule has 94 valence electrons. The van der Waals surface area contributed by atoms with Crippen LogP contribution in [0.3, 0.4) is 0 Å². The molecule has 1 aliphatic carbocycles.